The van der Waals surface area contributed by atoms with E-state index in [9.17, 15) is 0 Å². The molecule has 0 spiro atoms. The molecule has 3 N–H and O–H groups in total. The van der Waals surface area contributed by atoms with Crippen LogP contribution in [-0.2, 0) is 0 Å². The summed E-state index contributed by atoms with van der Waals surface area (Å²) in [6.45, 7) is 3.17. The molecule has 0 aliphatic carbocycles. The molecule has 0 radical (unpaired) electrons. The van der Waals surface area contributed by atoms with Crippen LogP contribution in [-0.4, -0.2) is 36.6 Å². The standard InChI is InChI=1S/C21H25N5/c1-22-21-25-19-8-7-17(16-5-3-2-4-6-16)13-18(19)20(26-21)24-14-15-9-11-23-12-10-15/h2-8,13,15,23H,9-12,14H2,1H3,(H2,22,24,25,26). The Balaban J connectivity index is 1.68. The highest BCUT2D eigenvalue weighted by Gasteiger charge is 2.14. The van der Waals surface area contributed by atoms with Gasteiger partial charge in [-0.05, 0) is 55.1 Å². The molecule has 5 nitrogen and oxygen atoms in total. The Labute approximate surface area is 154 Å². The van der Waals surface area contributed by atoms with Gasteiger partial charge in [-0.2, -0.15) is 4.98 Å². The van der Waals surface area contributed by atoms with E-state index in [0.29, 0.717) is 11.9 Å². The number of hydrogen-bond acceptors (Lipinski definition) is 5. The van der Waals surface area contributed by atoms with E-state index in [4.69, 9.17) is 0 Å². The van der Waals surface area contributed by atoms with E-state index in [2.05, 4.69) is 68.4 Å². The molecular formula is C21H25N5. The van der Waals surface area contributed by atoms with Gasteiger partial charge >= 0.3 is 0 Å². The van der Waals surface area contributed by atoms with Crippen LogP contribution < -0.4 is 16.0 Å². The Morgan fingerprint density at radius 3 is 2.58 bits per heavy atom. The maximum Gasteiger partial charge on any atom is 0.224 e. The third kappa shape index (κ3) is 3.63. The molecule has 5 heteroatoms. The lowest BCUT2D eigenvalue weighted by molar-refractivity contribution is 0.389. The van der Waals surface area contributed by atoms with E-state index in [1.165, 1.54) is 24.0 Å². The lowest BCUT2D eigenvalue weighted by atomic mass is 9.98. The fourth-order valence-corrected chi connectivity index (χ4v) is 3.51. The second-order valence-corrected chi connectivity index (χ2v) is 6.82. The summed E-state index contributed by atoms with van der Waals surface area (Å²) < 4.78 is 0. The van der Waals surface area contributed by atoms with Crippen LogP contribution in [0.3, 0.4) is 0 Å². The van der Waals surface area contributed by atoms with E-state index >= 15 is 0 Å². The average molecular weight is 347 g/mol. The number of nitrogens with zero attached hydrogens (tertiary/aromatic N) is 2. The Morgan fingerprint density at radius 1 is 1.00 bits per heavy atom. The molecule has 1 aromatic heterocycles. The van der Waals surface area contributed by atoms with Gasteiger partial charge in [0.2, 0.25) is 5.95 Å². The number of nitrogens with one attached hydrogen (secondary N) is 3. The highest BCUT2D eigenvalue weighted by molar-refractivity contribution is 5.93. The molecule has 0 amide bonds. The van der Waals surface area contributed by atoms with Crippen LogP contribution in [0.2, 0.25) is 0 Å². The number of anilines is 2. The van der Waals surface area contributed by atoms with E-state index in [0.717, 1.165) is 36.4 Å². The quantitative estimate of drug-likeness (QED) is 0.656. The highest BCUT2D eigenvalue weighted by Crippen LogP contribution is 2.28. The highest BCUT2D eigenvalue weighted by atomic mass is 15.1. The second-order valence-electron chi connectivity index (χ2n) is 6.82. The third-order valence-electron chi connectivity index (χ3n) is 5.04. The number of hydrogen-bond donors (Lipinski definition) is 3. The summed E-state index contributed by atoms with van der Waals surface area (Å²) in [5, 5.41) is 11.2. The fraction of sp³-hybridized carbons (Fsp3) is 0.333. The zero-order chi connectivity index (χ0) is 17.8. The van der Waals surface area contributed by atoms with Crippen LogP contribution in [0.4, 0.5) is 11.8 Å². The molecular weight excluding hydrogens is 322 g/mol. The topological polar surface area (TPSA) is 61.9 Å². The molecule has 1 fully saturated rings. The monoisotopic (exact) mass is 347 g/mol. The van der Waals surface area contributed by atoms with Crippen LogP contribution in [0.5, 0.6) is 0 Å². The number of rotatable bonds is 5. The maximum atomic E-state index is 4.69. The minimum Gasteiger partial charge on any atom is -0.369 e. The van der Waals surface area contributed by atoms with E-state index in [-0.39, 0.29) is 0 Å². The number of piperidine rings is 1. The van der Waals surface area contributed by atoms with Crippen LogP contribution in [0.25, 0.3) is 22.0 Å². The minimum atomic E-state index is 0.651. The molecule has 2 aromatic carbocycles. The van der Waals surface area contributed by atoms with Gasteiger partial charge in [0.1, 0.15) is 5.82 Å². The molecule has 1 aliphatic heterocycles. The van der Waals surface area contributed by atoms with Gasteiger partial charge in [0.05, 0.1) is 5.52 Å². The van der Waals surface area contributed by atoms with Gasteiger partial charge in [0.15, 0.2) is 0 Å². The van der Waals surface area contributed by atoms with E-state index in [1.807, 2.05) is 13.1 Å². The summed E-state index contributed by atoms with van der Waals surface area (Å²) in [6, 6.07) is 16.8. The van der Waals surface area contributed by atoms with Crippen molar-refractivity contribution in [2.24, 2.45) is 5.92 Å². The van der Waals surface area contributed by atoms with Crippen molar-refractivity contribution in [3.63, 3.8) is 0 Å². The molecule has 26 heavy (non-hydrogen) atoms. The average Bonchev–Trinajstić information content (AvgIpc) is 2.72. The Hall–Kier alpha value is -2.66. The SMILES string of the molecule is CNc1nc(NCC2CCNCC2)c2cc(-c3ccccc3)ccc2n1. The molecule has 4 rings (SSSR count). The number of fused-ring (bicyclic) bond motifs is 1. The molecule has 134 valence electrons. The smallest absolute Gasteiger partial charge is 0.224 e. The Bertz CT molecular complexity index is 872. The van der Waals surface area contributed by atoms with Crippen molar-refractivity contribution in [2.45, 2.75) is 12.8 Å². The first-order valence-electron chi connectivity index (χ1n) is 9.33. The van der Waals surface area contributed by atoms with Gasteiger partial charge in [0, 0.05) is 19.0 Å². The van der Waals surface area contributed by atoms with Crippen molar-refractivity contribution in [3.05, 3.63) is 48.5 Å². The van der Waals surface area contributed by atoms with Crippen LogP contribution in [0.15, 0.2) is 48.5 Å². The summed E-state index contributed by atoms with van der Waals surface area (Å²) in [6.07, 6.45) is 2.42. The Kier molecular flexibility index (Phi) is 4.97. The van der Waals surface area contributed by atoms with Crippen molar-refractivity contribution < 1.29 is 0 Å². The largest absolute Gasteiger partial charge is 0.369 e. The summed E-state index contributed by atoms with van der Waals surface area (Å²) in [5.41, 5.74) is 3.34. The van der Waals surface area contributed by atoms with Crippen molar-refractivity contribution >= 4 is 22.7 Å². The van der Waals surface area contributed by atoms with E-state index < -0.39 is 0 Å². The summed E-state index contributed by atoms with van der Waals surface area (Å²) in [7, 11) is 1.86. The zero-order valence-electron chi connectivity index (χ0n) is 15.1. The fourth-order valence-electron chi connectivity index (χ4n) is 3.51. The van der Waals surface area contributed by atoms with Crippen LogP contribution in [0.1, 0.15) is 12.8 Å². The first kappa shape index (κ1) is 16.8. The van der Waals surface area contributed by atoms with E-state index in [1.54, 1.807) is 0 Å². The molecule has 2 heterocycles. The lowest BCUT2D eigenvalue weighted by Gasteiger charge is -2.23. The first-order valence-corrected chi connectivity index (χ1v) is 9.33. The lowest BCUT2D eigenvalue weighted by Crippen LogP contribution is -2.31. The predicted octanol–water partition coefficient (Wildman–Crippen LogP) is 3.75. The molecule has 1 saturated heterocycles. The van der Waals surface area contributed by atoms with Gasteiger partial charge in [-0.3, -0.25) is 0 Å². The van der Waals surface area contributed by atoms with Gasteiger partial charge in [-0.25, -0.2) is 4.98 Å². The number of aromatic nitrogens is 2. The molecule has 0 bridgehead atoms. The van der Waals surface area contributed by atoms with Gasteiger partial charge in [-0.1, -0.05) is 36.4 Å². The zero-order valence-corrected chi connectivity index (χ0v) is 15.1. The van der Waals surface area contributed by atoms with Gasteiger partial charge in [0.25, 0.3) is 0 Å². The second kappa shape index (κ2) is 7.70. The van der Waals surface area contributed by atoms with Crippen molar-refractivity contribution in [1.29, 1.82) is 0 Å². The van der Waals surface area contributed by atoms with Crippen LogP contribution in [0, 0.1) is 5.92 Å². The summed E-state index contributed by atoms with van der Waals surface area (Å²) in [5.74, 6) is 2.25. The van der Waals surface area contributed by atoms with Crippen molar-refractivity contribution in [2.75, 3.05) is 37.3 Å². The molecule has 1 aliphatic rings. The Morgan fingerprint density at radius 2 is 1.81 bits per heavy atom. The van der Waals surface area contributed by atoms with Crippen molar-refractivity contribution in [3.8, 4) is 11.1 Å². The minimum absolute atomic E-state index is 0.651. The maximum absolute atomic E-state index is 4.69. The van der Waals surface area contributed by atoms with Crippen molar-refractivity contribution in [1.82, 2.24) is 15.3 Å². The van der Waals surface area contributed by atoms with Crippen LogP contribution >= 0.6 is 0 Å². The summed E-state index contributed by atoms with van der Waals surface area (Å²) in [4.78, 5) is 9.30. The summed E-state index contributed by atoms with van der Waals surface area (Å²) >= 11 is 0. The normalized spacial score (nSPS) is 15.1. The van der Waals surface area contributed by atoms with Gasteiger partial charge < -0.3 is 16.0 Å². The molecule has 0 atom stereocenters. The molecule has 3 aromatic rings. The molecule has 0 saturated carbocycles. The first-order chi connectivity index (χ1) is 12.8. The number of benzene rings is 2. The third-order valence-corrected chi connectivity index (χ3v) is 5.04. The predicted molar refractivity (Wildman–Crippen MR) is 109 cm³/mol. The molecule has 0 unspecified atom stereocenters. The van der Waals surface area contributed by atoms with Gasteiger partial charge in [-0.15, -0.1) is 0 Å².